The fourth-order valence-electron chi connectivity index (χ4n) is 0.546. The van der Waals surface area contributed by atoms with Crippen molar-refractivity contribution in [1.29, 1.82) is 0 Å². The molecule has 0 spiro atoms. The Morgan fingerprint density at radius 3 is 2.70 bits per heavy atom. The summed E-state index contributed by atoms with van der Waals surface area (Å²) < 4.78 is 0. The number of nitrogens with zero attached hydrogens (tertiary/aromatic N) is 1. The molecule has 0 N–H and O–H groups in total. The highest BCUT2D eigenvalue weighted by Gasteiger charge is 1.94. The van der Waals surface area contributed by atoms with Crippen molar-refractivity contribution in [3.63, 3.8) is 0 Å². The molecule has 0 aliphatic carbocycles. The van der Waals surface area contributed by atoms with Crippen LogP contribution in [0, 0.1) is 16.0 Å². The van der Waals surface area contributed by atoms with Crippen LogP contribution in [0.3, 0.4) is 0 Å². The zero-order valence-corrected chi connectivity index (χ0v) is 6.41. The summed E-state index contributed by atoms with van der Waals surface area (Å²) in [5, 5.41) is 9.79. The summed E-state index contributed by atoms with van der Waals surface area (Å²) in [6.45, 7) is 4.15. The lowest BCUT2D eigenvalue weighted by molar-refractivity contribution is -0.402. The second-order valence-electron chi connectivity index (χ2n) is 2.42. The van der Waals surface area contributed by atoms with Crippen LogP contribution in [0.4, 0.5) is 0 Å². The van der Waals surface area contributed by atoms with E-state index in [-0.39, 0.29) is 0 Å². The minimum absolute atomic E-state index is 0.428. The van der Waals surface area contributed by atoms with Gasteiger partial charge in [-0.15, -0.1) is 0 Å². The lowest BCUT2D eigenvalue weighted by Crippen LogP contribution is -1.89. The minimum atomic E-state index is -0.428. The second-order valence-corrected chi connectivity index (χ2v) is 2.42. The van der Waals surface area contributed by atoms with Gasteiger partial charge in [-0.25, -0.2) is 0 Å². The van der Waals surface area contributed by atoms with E-state index in [4.69, 9.17) is 0 Å². The summed E-state index contributed by atoms with van der Waals surface area (Å²) in [6.07, 6.45) is 4.49. The third-order valence-electron chi connectivity index (χ3n) is 1.46. The summed E-state index contributed by atoms with van der Waals surface area (Å²) in [4.78, 5) is 9.36. The molecule has 0 aliphatic heterocycles. The molecule has 0 bridgehead atoms. The zero-order chi connectivity index (χ0) is 7.98. The molecule has 0 aliphatic rings. The van der Waals surface area contributed by atoms with Crippen LogP contribution in [0.5, 0.6) is 0 Å². The fraction of sp³-hybridized carbons (Fsp3) is 0.714. The summed E-state index contributed by atoms with van der Waals surface area (Å²) in [7, 11) is 0. The maximum atomic E-state index is 9.79. The minimum Gasteiger partial charge on any atom is -0.259 e. The topological polar surface area (TPSA) is 43.1 Å². The van der Waals surface area contributed by atoms with Gasteiger partial charge in [0.2, 0.25) is 6.20 Å². The monoisotopic (exact) mass is 143 g/mol. The number of hydrogen-bond acceptors (Lipinski definition) is 2. The average molecular weight is 143 g/mol. The van der Waals surface area contributed by atoms with E-state index in [9.17, 15) is 10.1 Å². The molecule has 1 unspecified atom stereocenters. The van der Waals surface area contributed by atoms with Gasteiger partial charge in [0.25, 0.3) is 0 Å². The highest BCUT2D eigenvalue weighted by molar-refractivity contribution is 4.74. The molecule has 3 heteroatoms. The van der Waals surface area contributed by atoms with E-state index in [1.807, 2.05) is 0 Å². The predicted molar refractivity (Wildman–Crippen MR) is 40.2 cm³/mol. The largest absolute Gasteiger partial charge is 0.259 e. The van der Waals surface area contributed by atoms with Crippen LogP contribution in [0.25, 0.3) is 0 Å². The van der Waals surface area contributed by atoms with Crippen LogP contribution in [0.15, 0.2) is 12.3 Å². The number of rotatable bonds is 4. The summed E-state index contributed by atoms with van der Waals surface area (Å²) in [5.74, 6) is 0.552. The first-order valence-corrected chi connectivity index (χ1v) is 3.47. The van der Waals surface area contributed by atoms with Gasteiger partial charge in [0, 0.05) is 0 Å². The van der Waals surface area contributed by atoms with Gasteiger partial charge in [0.1, 0.15) is 0 Å². The van der Waals surface area contributed by atoms with Crippen LogP contribution >= 0.6 is 0 Å². The number of allylic oxidation sites excluding steroid dienone is 1. The average Bonchev–Trinajstić information content (AvgIpc) is 1.87. The highest BCUT2D eigenvalue weighted by Crippen LogP contribution is 2.06. The van der Waals surface area contributed by atoms with Gasteiger partial charge in [-0.1, -0.05) is 20.3 Å². The van der Waals surface area contributed by atoms with Gasteiger partial charge in [0.05, 0.1) is 4.92 Å². The maximum absolute atomic E-state index is 9.79. The van der Waals surface area contributed by atoms with E-state index < -0.39 is 4.92 Å². The van der Waals surface area contributed by atoms with Gasteiger partial charge in [-0.3, -0.25) is 10.1 Å². The normalized spacial score (nSPS) is 13.8. The zero-order valence-electron chi connectivity index (χ0n) is 6.41. The van der Waals surface area contributed by atoms with E-state index in [2.05, 4.69) is 13.8 Å². The second kappa shape index (κ2) is 4.97. The van der Waals surface area contributed by atoms with Gasteiger partial charge in [-0.2, -0.15) is 0 Å². The Balaban J connectivity index is 3.43. The Kier molecular flexibility index (Phi) is 4.54. The van der Waals surface area contributed by atoms with Crippen LogP contribution in [-0.2, 0) is 0 Å². The predicted octanol–water partition coefficient (Wildman–Crippen LogP) is 2.21. The van der Waals surface area contributed by atoms with Crippen LogP contribution < -0.4 is 0 Å². The van der Waals surface area contributed by atoms with E-state index in [1.165, 1.54) is 0 Å². The lowest BCUT2D eigenvalue weighted by atomic mass is 10.1. The maximum Gasteiger partial charge on any atom is 0.230 e. The standard InChI is InChI=1S/C7H13NO2/c1-3-7(2)5-4-6-8(9)10/h4,6-7H,3,5H2,1-2H3/b6-4-. The van der Waals surface area contributed by atoms with Crippen molar-refractivity contribution in [2.75, 3.05) is 0 Å². The Labute approximate surface area is 60.9 Å². The van der Waals surface area contributed by atoms with Crippen LogP contribution in [0.2, 0.25) is 0 Å². The van der Waals surface area contributed by atoms with Gasteiger partial charge in [-0.05, 0) is 18.4 Å². The Hall–Kier alpha value is -0.860. The molecule has 0 saturated carbocycles. The van der Waals surface area contributed by atoms with Crippen molar-refractivity contribution < 1.29 is 4.92 Å². The smallest absolute Gasteiger partial charge is 0.230 e. The first-order valence-electron chi connectivity index (χ1n) is 3.47. The summed E-state index contributed by atoms with van der Waals surface area (Å²) in [5.41, 5.74) is 0. The number of nitro groups is 1. The molecule has 58 valence electrons. The van der Waals surface area contributed by atoms with E-state index in [0.29, 0.717) is 5.92 Å². The molecule has 0 aromatic carbocycles. The molecule has 0 aromatic heterocycles. The van der Waals surface area contributed by atoms with Crippen molar-refractivity contribution >= 4 is 0 Å². The molecular weight excluding hydrogens is 130 g/mol. The molecule has 0 aromatic rings. The van der Waals surface area contributed by atoms with Crippen LogP contribution in [0.1, 0.15) is 26.7 Å². The third-order valence-corrected chi connectivity index (χ3v) is 1.46. The summed E-state index contributed by atoms with van der Waals surface area (Å²) >= 11 is 0. The van der Waals surface area contributed by atoms with Crippen molar-refractivity contribution in [3.05, 3.63) is 22.4 Å². The molecule has 0 rings (SSSR count). The molecular formula is C7H13NO2. The molecule has 0 fully saturated rings. The molecule has 0 saturated heterocycles. The van der Waals surface area contributed by atoms with Gasteiger partial charge in [0.15, 0.2) is 0 Å². The molecule has 1 atom stereocenters. The third kappa shape index (κ3) is 5.28. The SMILES string of the molecule is CCC(C)C/C=C\[N+](=O)[O-]. The number of hydrogen-bond donors (Lipinski definition) is 0. The van der Waals surface area contributed by atoms with Gasteiger partial charge >= 0.3 is 0 Å². The quantitative estimate of drug-likeness (QED) is 0.447. The van der Waals surface area contributed by atoms with E-state index in [1.54, 1.807) is 6.08 Å². The van der Waals surface area contributed by atoms with Gasteiger partial charge < -0.3 is 0 Å². The van der Waals surface area contributed by atoms with Crippen LogP contribution in [-0.4, -0.2) is 4.92 Å². The molecule has 0 amide bonds. The highest BCUT2D eigenvalue weighted by atomic mass is 16.6. The Morgan fingerprint density at radius 2 is 2.30 bits per heavy atom. The van der Waals surface area contributed by atoms with Crippen molar-refractivity contribution in [1.82, 2.24) is 0 Å². The Morgan fingerprint density at radius 1 is 1.70 bits per heavy atom. The fourth-order valence-corrected chi connectivity index (χ4v) is 0.546. The molecule has 3 nitrogen and oxygen atoms in total. The van der Waals surface area contributed by atoms with E-state index >= 15 is 0 Å². The first kappa shape index (κ1) is 9.14. The Bertz CT molecular complexity index is 132. The van der Waals surface area contributed by atoms with Crippen molar-refractivity contribution in [2.45, 2.75) is 26.7 Å². The lowest BCUT2D eigenvalue weighted by Gasteiger charge is -2.00. The molecule has 0 heterocycles. The first-order chi connectivity index (χ1) is 4.66. The summed E-state index contributed by atoms with van der Waals surface area (Å²) in [6, 6.07) is 0. The van der Waals surface area contributed by atoms with Crippen molar-refractivity contribution in [2.24, 2.45) is 5.92 Å². The molecule has 10 heavy (non-hydrogen) atoms. The molecule has 0 radical (unpaired) electrons. The van der Waals surface area contributed by atoms with Crippen molar-refractivity contribution in [3.8, 4) is 0 Å². The van der Waals surface area contributed by atoms with E-state index in [0.717, 1.165) is 19.0 Å².